The number of carbonyl (C=O) groups is 1. The van der Waals surface area contributed by atoms with Gasteiger partial charge in [-0.3, -0.25) is 4.79 Å². The van der Waals surface area contributed by atoms with Gasteiger partial charge >= 0.3 is 0 Å². The monoisotopic (exact) mass is 1170 g/mol. The lowest BCUT2D eigenvalue weighted by Gasteiger charge is -2.36. The number of rotatable bonds is 10. The lowest BCUT2D eigenvalue weighted by molar-refractivity contribution is -0.125. The van der Waals surface area contributed by atoms with Crippen LogP contribution in [0.15, 0.2) is 83.6 Å². The Balaban J connectivity index is 0.000000141. The van der Waals surface area contributed by atoms with Gasteiger partial charge in [-0.05, 0) is 184 Å². The molecular weight excluding hydrogens is 1090 g/mol. The Hall–Kier alpha value is -2.60. The van der Waals surface area contributed by atoms with Crippen molar-refractivity contribution in [1.29, 1.82) is 0 Å². The van der Waals surface area contributed by atoms with E-state index in [0.29, 0.717) is 53.8 Å². The number of nitrogens with one attached hydrogen (secondary N) is 1. The average molecular weight is 1170 g/mol. The zero-order valence-electron chi connectivity index (χ0n) is 44.2. The van der Waals surface area contributed by atoms with Crippen LogP contribution in [0.2, 0.25) is 15.1 Å². The molecular formula is C59H76Cl4N6O4S3. The number of thiazole rings is 2. The third-order valence-electron chi connectivity index (χ3n) is 16.7. The van der Waals surface area contributed by atoms with Gasteiger partial charge in [0.15, 0.2) is 5.78 Å². The van der Waals surface area contributed by atoms with Crippen molar-refractivity contribution in [2.45, 2.75) is 105 Å². The van der Waals surface area contributed by atoms with E-state index in [1.165, 1.54) is 71.3 Å². The minimum Gasteiger partial charge on any atom is -0.393 e. The molecule has 6 saturated heterocycles. The summed E-state index contributed by atoms with van der Waals surface area (Å²) in [5.74, 6) is 1.83. The van der Waals surface area contributed by atoms with Crippen molar-refractivity contribution in [3.8, 4) is 0 Å². The smallest absolute Gasteiger partial charge is 0.158 e. The molecule has 0 spiro atoms. The average Bonchev–Trinajstić information content (AvgIpc) is 4.18. The summed E-state index contributed by atoms with van der Waals surface area (Å²) in [6.45, 7) is 11.2. The molecule has 8 heterocycles. The summed E-state index contributed by atoms with van der Waals surface area (Å²) < 4.78 is 16.7. The van der Waals surface area contributed by atoms with Crippen LogP contribution in [0.25, 0.3) is 0 Å². The van der Waals surface area contributed by atoms with E-state index in [4.69, 9.17) is 88.5 Å². The standard InChI is InChI=1S/C20H25ClN2OS.C19H23ClN2OS.C13H14Cl2O2.C7H14N2S/c1-23-9-5-15(6-10-23)19-22-18(14-25-19)20(7-11-24-12-8-20)16-3-2-4-17(21)13-16;20-16-3-1-2-15(12-16)19(6-10-23-11-7-19)17-13-24-18(22-17)14-4-8-21-9-5-14;14-9-12(16)13(4-6-17-7-5-13)10-2-1-3-11(15)8-10;1-9-4-2-6(3-5-9)7(8)10/h2-4,13-15H,5-12H2,1H3;1-3,12-14,21H,4-11H2;1-3,8H,4-7,9H2;6H,2-5H2,1H3,(H2,8,10). The van der Waals surface area contributed by atoms with Crippen LogP contribution in [0.1, 0.15) is 127 Å². The molecule has 0 radical (unpaired) electrons. The molecule has 3 aromatic carbocycles. The van der Waals surface area contributed by atoms with Gasteiger partial charge < -0.3 is 35.1 Å². The summed E-state index contributed by atoms with van der Waals surface area (Å²) in [5.41, 5.74) is 10.9. The van der Waals surface area contributed by atoms with Gasteiger partial charge in [-0.25, -0.2) is 9.97 Å². The van der Waals surface area contributed by atoms with Crippen LogP contribution in [-0.2, 0) is 35.3 Å². The fraction of sp³-hybridized carbons (Fsp3) is 0.559. The number of benzene rings is 3. The lowest BCUT2D eigenvalue weighted by Crippen LogP contribution is -2.42. The van der Waals surface area contributed by atoms with Gasteiger partial charge in [-0.15, -0.1) is 34.3 Å². The number of thiocarbonyl (C=S) groups is 1. The van der Waals surface area contributed by atoms with E-state index < -0.39 is 5.41 Å². The van der Waals surface area contributed by atoms with Crippen LogP contribution in [0.3, 0.4) is 0 Å². The zero-order valence-corrected chi connectivity index (χ0v) is 49.7. The van der Waals surface area contributed by atoms with E-state index in [0.717, 1.165) is 107 Å². The van der Waals surface area contributed by atoms with Crippen molar-refractivity contribution < 1.29 is 19.0 Å². The number of Topliss-reactive ketones (excluding diaryl/α,β-unsaturated/α-hetero) is 1. The van der Waals surface area contributed by atoms with Crippen molar-refractivity contribution in [2.75, 3.05) is 98.9 Å². The summed E-state index contributed by atoms with van der Waals surface area (Å²) in [4.78, 5) is 27.9. The third kappa shape index (κ3) is 15.0. The van der Waals surface area contributed by atoms with Crippen LogP contribution in [0, 0.1) is 5.92 Å². The topological polar surface area (TPSA) is 115 Å². The maximum Gasteiger partial charge on any atom is 0.158 e. The summed E-state index contributed by atoms with van der Waals surface area (Å²) in [6.07, 6.45) is 12.4. The van der Waals surface area contributed by atoms with Gasteiger partial charge in [0, 0.05) is 94.1 Å². The second-order valence-corrected chi connectivity index (χ2v) is 25.2. The molecule has 0 unspecified atom stereocenters. The van der Waals surface area contributed by atoms with Crippen LogP contribution in [0.4, 0.5) is 0 Å². The minimum absolute atomic E-state index is 0.0342. The summed E-state index contributed by atoms with van der Waals surface area (Å²) >= 11 is 32.9. The van der Waals surface area contributed by atoms with Gasteiger partial charge in [0.25, 0.3) is 0 Å². The summed E-state index contributed by atoms with van der Waals surface area (Å²) in [6, 6.07) is 24.1. The Labute approximate surface area is 485 Å². The van der Waals surface area contributed by atoms with Crippen LogP contribution >= 0.6 is 81.3 Å². The van der Waals surface area contributed by atoms with Gasteiger partial charge in [0.1, 0.15) is 0 Å². The molecule has 10 nitrogen and oxygen atoms in total. The Bertz CT molecular complexity index is 2610. The molecule has 0 aliphatic carbocycles. The zero-order chi connectivity index (χ0) is 53.5. The first kappa shape index (κ1) is 59.5. The molecule has 11 rings (SSSR count). The molecule has 0 bridgehead atoms. The van der Waals surface area contributed by atoms with E-state index in [1.54, 1.807) is 0 Å². The van der Waals surface area contributed by atoms with Crippen LogP contribution in [-0.4, -0.2) is 129 Å². The van der Waals surface area contributed by atoms with Crippen molar-refractivity contribution in [1.82, 2.24) is 25.1 Å². The molecule has 6 aliphatic heterocycles. The second-order valence-electron chi connectivity index (χ2n) is 21.4. The van der Waals surface area contributed by atoms with Crippen molar-refractivity contribution in [3.63, 3.8) is 0 Å². The molecule has 0 amide bonds. The molecule has 2 aromatic heterocycles. The van der Waals surface area contributed by atoms with Gasteiger partial charge in [-0.1, -0.05) is 83.4 Å². The van der Waals surface area contributed by atoms with E-state index in [-0.39, 0.29) is 22.5 Å². The molecule has 6 aliphatic rings. The SMILES string of the molecule is CN1CCC(C(N)=S)CC1.CN1CCC(c2nc(C3(c4cccc(Cl)c4)CCOCC3)cs2)CC1.Clc1cccc(C2(c3csc(C4CCNCC4)n3)CCOCC2)c1.O=C(CCl)C1(c2cccc(Cl)c2)CCOCC1. The molecule has 5 aromatic rings. The van der Waals surface area contributed by atoms with Gasteiger partial charge in [0.2, 0.25) is 0 Å². The number of carbonyl (C=O) groups excluding carboxylic acids is 1. The largest absolute Gasteiger partial charge is 0.393 e. The van der Waals surface area contributed by atoms with Crippen molar-refractivity contribution >= 4 is 92.1 Å². The number of piperidine rings is 3. The third-order valence-corrected chi connectivity index (χ3v) is 20.0. The number of aromatic nitrogens is 2. The molecule has 6 fully saturated rings. The minimum atomic E-state index is -0.509. The molecule has 76 heavy (non-hydrogen) atoms. The van der Waals surface area contributed by atoms with Crippen molar-refractivity contribution in [2.24, 2.45) is 11.7 Å². The quantitative estimate of drug-likeness (QED) is 0.103. The van der Waals surface area contributed by atoms with Crippen LogP contribution in [0.5, 0.6) is 0 Å². The van der Waals surface area contributed by atoms with Crippen LogP contribution < -0.4 is 11.1 Å². The second kappa shape index (κ2) is 28.7. The molecule has 412 valence electrons. The maximum absolute atomic E-state index is 12.2. The number of hydrogen-bond donors (Lipinski definition) is 2. The highest BCUT2D eigenvalue weighted by Crippen LogP contribution is 2.45. The Morgan fingerprint density at radius 3 is 1.45 bits per heavy atom. The highest BCUT2D eigenvalue weighted by atomic mass is 35.5. The summed E-state index contributed by atoms with van der Waals surface area (Å²) in [7, 11) is 4.34. The Morgan fingerprint density at radius 1 is 0.632 bits per heavy atom. The number of ketones is 1. The van der Waals surface area contributed by atoms with Crippen molar-refractivity contribution in [3.05, 3.63) is 137 Å². The number of ether oxygens (including phenoxy) is 3. The Kier molecular flexibility index (Phi) is 22.5. The molecule has 0 atom stereocenters. The number of likely N-dealkylation sites (tertiary alicyclic amines) is 2. The first-order valence-corrected chi connectivity index (χ1v) is 31.1. The van der Waals surface area contributed by atoms with E-state index in [9.17, 15) is 4.79 Å². The number of nitrogens with zero attached hydrogens (tertiary/aromatic N) is 4. The molecule has 17 heteroatoms. The fourth-order valence-electron chi connectivity index (χ4n) is 11.8. The van der Waals surface area contributed by atoms with Gasteiger partial charge in [-0.2, -0.15) is 0 Å². The summed E-state index contributed by atoms with van der Waals surface area (Å²) in [5, 5.41) is 12.9. The first-order valence-electron chi connectivity index (χ1n) is 27.2. The van der Waals surface area contributed by atoms with E-state index in [1.807, 2.05) is 59.1 Å². The van der Waals surface area contributed by atoms with Gasteiger partial charge in [0.05, 0.1) is 37.7 Å². The fourth-order valence-corrected chi connectivity index (χ4v) is 15.0. The number of halogens is 4. The lowest BCUT2D eigenvalue weighted by atomic mass is 9.71. The predicted molar refractivity (Wildman–Crippen MR) is 319 cm³/mol. The number of alkyl halides is 1. The highest BCUT2D eigenvalue weighted by molar-refractivity contribution is 7.80. The normalized spacial score (nSPS) is 21.4. The maximum atomic E-state index is 12.2. The molecule has 0 saturated carbocycles. The van der Waals surface area contributed by atoms with E-state index in [2.05, 4.69) is 76.4 Å². The number of hydrogen-bond acceptors (Lipinski definition) is 12. The highest BCUT2D eigenvalue weighted by Gasteiger charge is 2.42. The predicted octanol–water partition coefficient (Wildman–Crippen LogP) is 12.9. The molecule has 3 N–H and O–H groups in total. The first-order chi connectivity index (χ1) is 36.8. The van der Waals surface area contributed by atoms with E-state index >= 15 is 0 Å². The Morgan fingerprint density at radius 2 is 1.03 bits per heavy atom. The number of nitrogens with two attached hydrogens (primary N) is 1.